The highest BCUT2D eigenvalue weighted by Crippen LogP contribution is 2.35. The molecule has 0 radical (unpaired) electrons. The van der Waals surface area contributed by atoms with E-state index < -0.39 is 11.7 Å². The Kier molecular flexibility index (Phi) is 5.37. The van der Waals surface area contributed by atoms with Gasteiger partial charge in [-0.25, -0.2) is 4.98 Å². The molecule has 1 aromatic heterocycles. The van der Waals surface area contributed by atoms with Gasteiger partial charge in [0.15, 0.2) is 0 Å². The first-order chi connectivity index (χ1) is 15.9. The molecule has 1 atom stereocenters. The highest BCUT2D eigenvalue weighted by atomic mass is 19.4. The molecule has 3 aromatic rings. The highest BCUT2D eigenvalue weighted by Gasteiger charge is 2.35. The standard InChI is InChI=1S/C23H20F3N5O2/c24-23(25,26)17-11-28-22(29-15-5-6-18-14(9-15)10-20(32)30-18)31-21(17)27-12-19-16-4-2-1-3-13(16)7-8-33-19/h1-6,9,11,19H,7-8,10,12H2,(H,30,32)(H2,27,28,29,31). The van der Waals surface area contributed by atoms with E-state index in [1.54, 1.807) is 18.2 Å². The second kappa shape index (κ2) is 8.36. The number of hydrogen-bond acceptors (Lipinski definition) is 6. The van der Waals surface area contributed by atoms with Gasteiger partial charge in [0.05, 0.1) is 19.1 Å². The average molecular weight is 455 g/mol. The van der Waals surface area contributed by atoms with Crippen molar-refractivity contribution < 1.29 is 22.7 Å². The minimum atomic E-state index is -4.62. The minimum Gasteiger partial charge on any atom is -0.371 e. The summed E-state index contributed by atoms with van der Waals surface area (Å²) in [5.41, 5.74) is 3.21. The van der Waals surface area contributed by atoms with E-state index in [0.29, 0.717) is 18.0 Å². The maximum atomic E-state index is 13.6. The molecule has 0 fully saturated rings. The largest absolute Gasteiger partial charge is 0.421 e. The molecule has 3 N–H and O–H groups in total. The van der Waals surface area contributed by atoms with E-state index >= 15 is 0 Å². The van der Waals surface area contributed by atoms with Gasteiger partial charge in [0.2, 0.25) is 11.9 Å². The number of carbonyl (C=O) groups excluding carboxylic acids is 1. The van der Waals surface area contributed by atoms with Crippen LogP contribution in [0.1, 0.15) is 28.4 Å². The summed E-state index contributed by atoms with van der Waals surface area (Å²) in [4.78, 5) is 19.5. The van der Waals surface area contributed by atoms with Crippen molar-refractivity contribution in [2.24, 2.45) is 0 Å². The molecule has 5 rings (SSSR count). The van der Waals surface area contributed by atoms with Gasteiger partial charge >= 0.3 is 6.18 Å². The molecule has 0 bridgehead atoms. The molecular formula is C23H20F3N5O2. The van der Waals surface area contributed by atoms with Crippen molar-refractivity contribution in [1.82, 2.24) is 9.97 Å². The van der Waals surface area contributed by atoms with Crippen LogP contribution >= 0.6 is 0 Å². The minimum absolute atomic E-state index is 0.00713. The number of halogens is 3. The summed E-state index contributed by atoms with van der Waals surface area (Å²) >= 11 is 0. The van der Waals surface area contributed by atoms with E-state index in [1.165, 1.54) is 0 Å². The summed E-state index contributed by atoms with van der Waals surface area (Å²) < 4.78 is 46.6. The summed E-state index contributed by atoms with van der Waals surface area (Å²) in [6.07, 6.45) is -3.24. The van der Waals surface area contributed by atoms with E-state index in [-0.39, 0.29) is 36.7 Å². The van der Waals surface area contributed by atoms with Gasteiger partial charge in [0, 0.05) is 24.1 Å². The lowest BCUT2D eigenvalue weighted by molar-refractivity contribution is -0.137. The van der Waals surface area contributed by atoms with Crippen molar-refractivity contribution in [2.45, 2.75) is 25.1 Å². The number of amides is 1. The number of nitrogens with one attached hydrogen (secondary N) is 3. The van der Waals surface area contributed by atoms with Crippen LogP contribution in [-0.4, -0.2) is 29.0 Å². The fraction of sp³-hybridized carbons (Fsp3) is 0.261. The number of aromatic nitrogens is 2. The Labute approximate surface area is 187 Å². The third kappa shape index (κ3) is 4.47. The van der Waals surface area contributed by atoms with E-state index in [2.05, 4.69) is 25.9 Å². The lowest BCUT2D eigenvalue weighted by Gasteiger charge is -2.27. The van der Waals surface area contributed by atoms with Gasteiger partial charge in [0.1, 0.15) is 11.4 Å². The second-order valence-corrected chi connectivity index (χ2v) is 7.86. The Bertz CT molecular complexity index is 1210. The molecule has 2 aromatic carbocycles. The molecule has 0 saturated carbocycles. The second-order valence-electron chi connectivity index (χ2n) is 7.86. The number of rotatable bonds is 5. The predicted octanol–water partition coefficient (Wildman–Crippen LogP) is 4.46. The third-order valence-corrected chi connectivity index (χ3v) is 5.63. The fourth-order valence-corrected chi connectivity index (χ4v) is 4.06. The molecule has 0 aliphatic carbocycles. The molecule has 3 heterocycles. The van der Waals surface area contributed by atoms with Crippen molar-refractivity contribution in [2.75, 3.05) is 29.1 Å². The fourth-order valence-electron chi connectivity index (χ4n) is 4.06. The van der Waals surface area contributed by atoms with Crippen LogP contribution in [0, 0.1) is 0 Å². The molecule has 0 spiro atoms. The predicted molar refractivity (Wildman–Crippen MR) is 116 cm³/mol. The number of benzene rings is 2. The maximum Gasteiger partial charge on any atom is 0.421 e. The zero-order valence-corrected chi connectivity index (χ0v) is 17.4. The number of ether oxygens (including phenoxy) is 1. The average Bonchev–Trinajstić information content (AvgIpc) is 3.16. The van der Waals surface area contributed by atoms with Crippen LogP contribution in [-0.2, 0) is 28.5 Å². The first-order valence-electron chi connectivity index (χ1n) is 10.4. The molecule has 1 unspecified atom stereocenters. The quantitative estimate of drug-likeness (QED) is 0.527. The summed E-state index contributed by atoms with van der Waals surface area (Å²) in [6.45, 7) is 0.630. The SMILES string of the molecule is O=C1Cc2cc(Nc3ncc(C(F)(F)F)c(NCC4OCCc5ccccc54)n3)ccc2N1. The lowest BCUT2D eigenvalue weighted by atomic mass is 9.97. The maximum absolute atomic E-state index is 13.6. The Hall–Kier alpha value is -3.66. The van der Waals surface area contributed by atoms with Crippen LogP contribution < -0.4 is 16.0 Å². The van der Waals surface area contributed by atoms with Crippen molar-refractivity contribution in [3.05, 3.63) is 70.9 Å². The Morgan fingerprint density at radius 1 is 1.15 bits per heavy atom. The number of fused-ring (bicyclic) bond motifs is 2. The third-order valence-electron chi connectivity index (χ3n) is 5.63. The van der Waals surface area contributed by atoms with Crippen molar-refractivity contribution in [1.29, 1.82) is 0 Å². The Balaban J connectivity index is 1.38. The van der Waals surface area contributed by atoms with E-state index in [4.69, 9.17) is 4.74 Å². The summed E-state index contributed by atoms with van der Waals surface area (Å²) in [7, 11) is 0. The number of alkyl halides is 3. The van der Waals surface area contributed by atoms with Crippen LogP contribution in [0.25, 0.3) is 0 Å². The van der Waals surface area contributed by atoms with Gasteiger partial charge in [-0.2, -0.15) is 18.2 Å². The van der Waals surface area contributed by atoms with E-state index in [1.807, 2.05) is 24.3 Å². The van der Waals surface area contributed by atoms with Crippen LogP contribution in [0.3, 0.4) is 0 Å². The molecule has 10 heteroatoms. The molecule has 33 heavy (non-hydrogen) atoms. The summed E-state index contributed by atoms with van der Waals surface area (Å²) in [5, 5.41) is 8.47. The zero-order chi connectivity index (χ0) is 23.0. The van der Waals surface area contributed by atoms with Gasteiger partial charge in [-0.05, 0) is 41.3 Å². The molecule has 170 valence electrons. The highest BCUT2D eigenvalue weighted by molar-refractivity contribution is 5.99. The van der Waals surface area contributed by atoms with Crippen molar-refractivity contribution in [3.63, 3.8) is 0 Å². The van der Waals surface area contributed by atoms with Gasteiger partial charge < -0.3 is 20.7 Å². The van der Waals surface area contributed by atoms with E-state index in [0.717, 1.165) is 29.3 Å². The van der Waals surface area contributed by atoms with E-state index in [9.17, 15) is 18.0 Å². The molecule has 1 amide bonds. The Morgan fingerprint density at radius 2 is 2.00 bits per heavy atom. The van der Waals surface area contributed by atoms with Crippen LogP contribution in [0.5, 0.6) is 0 Å². The van der Waals surface area contributed by atoms with Gasteiger partial charge in [-0.3, -0.25) is 4.79 Å². The molecule has 7 nitrogen and oxygen atoms in total. The van der Waals surface area contributed by atoms with Crippen LogP contribution in [0.2, 0.25) is 0 Å². The Morgan fingerprint density at radius 3 is 2.85 bits per heavy atom. The number of hydrogen-bond donors (Lipinski definition) is 3. The van der Waals surface area contributed by atoms with Crippen LogP contribution in [0.15, 0.2) is 48.7 Å². The van der Waals surface area contributed by atoms with Crippen LogP contribution in [0.4, 0.5) is 36.3 Å². The normalized spacial score (nSPS) is 17.2. The molecular weight excluding hydrogens is 435 g/mol. The topological polar surface area (TPSA) is 88.2 Å². The number of anilines is 4. The molecule has 0 saturated heterocycles. The monoisotopic (exact) mass is 455 g/mol. The van der Waals surface area contributed by atoms with Crippen molar-refractivity contribution in [3.8, 4) is 0 Å². The lowest BCUT2D eigenvalue weighted by Crippen LogP contribution is -2.24. The van der Waals surface area contributed by atoms with Crippen molar-refractivity contribution >= 4 is 29.0 Å². The van der Waals surface area contributed by atoms with Gasteiger partial charge in [0.25, 0.3) is 0 Å². The smallest absolute Gasteiger partial charge is 0.371 e. The summed E-state index contributed by atoms with van der Waals surface area (Å²) in [6, 6.07) is 12.9. The first-order valence-corrected chi connectivity index (χ1v) is 10.4. The van der Waals surface area contributed by atoms with Gasteiger partial charge in [-0.1, -0.05) is 24.3 Å². The molecule has 2 aliphatic heterocycles. The van der Waals surface area contributed by atoms with Gasteiger partial charge in [-0.15, -0.1) is 0 Å². The number of carbonyl (C=O) groups is 1. The summed E-state index contributed by atoms with van der Waals surface area (Å²) in [5.74, 6) is -0.428. The zero-order valence-electron chi connectivity index (χ0n) is 17.4. The molecule has 2 aliphatic rings. The first kappa shape index (κ1) is 21.2. The number of nitrogens with zero attached hydrogens (tertiary/aromatic N) is 2.